The van der Waals surface area contributed by atoms with Crippen LogP contribution in [0.4, 0.5) is 4.79 Å². The number of furan rings is 1. The molecule has 3 aromatic heterocycles. The van der Waals surface area contributed by atoms with Crippen LogP contribution in [0.3, 0.4) is 0 Å². The van der Waals surface area contributed by atoms with Crippen LogP contribution in [0.15, 0.2) is 40.9 Å². The van der Waals surface area contributed by atoms with Crippen LogP contribution in [0.25, 0.3) is 21.9 Å². The molecule has 2 aromatic carbocycles. The number of rotatable bonds is 11. The van der Waals surface area contributed by atoms with Gasteiger partial charge in [0.25, 0.3) is 5.91 Å². The maximum Gasteiger partial charge on any atom is 0.419 e. The number of ketones is 3. The molecule has 14 nitrogen and oxygen atoms in total. The number of nitrogens with two attached hydrogens (primary N) is 1. The number of Topliss-reactive ketones (excluding diaryl/α,β-unsaturated/α-hetero) is 2. The molecule has 1 atom stereocenters. The SMILES string of the molecule is COc1cc(C(N)c2cnc(C(=O)C(C)C)nc2C(=O)C(C)C)c2cc(C(=O)c3c(C(=O)N(C)C)n(C(=O)OC(C)(C)C)c4ccc(Cl)cc34)oc2c1OC. The number of hydrogen-bond donors (Lipinski definition) is 1. The zero-order valence-electron chi connectivity index (χ0n) is 32.6. The lowest BCUT2D eigenvalue weighted by Crippen LogP contribution is -2.32. The van der Waals surface area contributed by atoms with Crippen LogP contribution in [-0.4, -0.2) is 82.7 Å². The normalized spacial score (nSPS) is 12.3. The lowest BCUT2D eigenvalue weighted by atomic mass is 9.92. The van der Waals surface area contributed by atoms with E-state index >= 15 is 0 Å². The maximum absolute atomic E-state index is 14.8. The van der Waals surface area contributed by atoms with Gasteiger partial charge in [0.15, 0.2) is 28.7 Å². The second kappa shape index (κ2) is 15.3. The van der Waals surface area contributed by atoms with Crippen molar-refractivity contribution in [1.29, 1.82) is 0 Å². The Kier molecular flexibility index (Phi) is 11.3. The van der Waals surface area contributed by atoms with Crippen molar-refractivity contribution >= 4 is 62.8 Å². The highest BCUT2D eigenvalue weighted by Crippen LogP contribution is 2.44. The average Bonchev–Trinajstić information content (AvgIpc) is 3.71. The molecule has 0 spiro atoms. The summed E-state index contributed by atoms with van der Waals surface area (Å²) in [7, 11) is 5.77. The molecular formula is C40H44ClN5O9. The van der Waals surface area contributed by atoms with Crippen molar-refractivity contribution in [2.45, 2.75) is 60.1 Å². The van der Waals surface area contributed by atoms with Crippen molar-refractivity contribution in [1.82, 2.24) is 19.4 Å². The van der Waals surface area contributed by atoms with Crippen molar-refractivity contribution < 1.29 is 42.6 Å². The molecule has 1 unspecified atom stereocenters. The summed E-state index contributed by atoms with van der Waals surface area (Å²) in [6, 6.07) is 6.44. The van der Waals surface area contributed by atoms with Gasteiger partial charge in [0.1, 0.15) is 17.0 Å². The number of amides is 1. The number of benzene rings is 2. The van der Waals surface area contributed by atoms with E-state index in [1.54, 1.807) is 54.5 Å². The Hall–Kier alpha value is -5.60. The minimum absolute atomic E-state index is 0.0251. The van der Waals surface area contributed by atoms with E-state index in [-0.39, 0.29) is 78.7 Å². The fourth-order valence-corrected chi connectivity index (χ4v) is 6.22. The molecule has 5 aromatic rings. The predicted molar refractivity (Wildman–Crippen MR) is 206 cm³/mol. The molecule has 0 aliphatic rings. The topological polar surface area (TPSA) is 186 Å². The van der Waals surface area contributed by atoms with Crippen LogP contribution in [-0.2, 0) is 4.74 Å². The molecule has 290 valence electrons. The van der Waals surface area contributed by atoms with Gasteiger partial charge in [-0.1, -0.05) is 39.3 Å². The van der Waals surface area contributed by atoms with E-state index in [0.29, 0.717) is 10.9 Å². The minimum Gasteiger partial charge on any atom is -0.493 e. The molecule has 0 fully saturated rings. The van der Waals surface area contributed by atoms with E-state index < -0.39 is 41.3 Å². The van der Waals surface area contributed by atoms with Gasteiger partial charge in [0.05, 0.1) is 31.3 Å². The third-order valence-electron chi connectivity index (χ3n) is 8.74. The molecule has 5 rings (SSSR count). The Morgan fingerprint density at radius 2 is 1.56 bits per heavy atom. The molecule has 1 amide bonds. The number of aromatic nitrogens is 3. The van der Waals surface area contributed by atoms with E-state index in [4.69, 9.17) is 36.0 Å². The van der Waals surface area contributed by atoms with Crippen LogP contribution in [0, 0.1) is 11.8 Å². The summed E-state index contributed by atoms with van der Waals surface area (Å²) >= 11 is 6.43. The Bertz CT molecular complexity index is 2380. The number of nitrogens with zero attached hydrogens (tertiary/aromatic N) is 4. The predicted octanol–water partition coefficient (Wildman–Crippen LogP) is 7.29. The number of halogens is 1. The summed E-state index contributed by atoms with van der Waals surface area (Å²) in [4.78, 5) is 78.8. The van der Waals surface area contributed by atoms with E-state index in [1.807, 2.05) is 0 Å². The first-order valence-corrected chi connectivity index (χ1v) is 17.8. The number of fused-ring (bicyclic) bond motifs is 2. The van der Waals surface area contributed by atoms with E-state index in [0.717, 1.165) is 4.57 Å². The van der Waals surface area contributed by atoms with Gasteiger partial charge >= 0.3 is 6.09 Å². The highest BCUT2D eigenvalue weighted by atomic mass is 35.5. The quantitative estimate of drug-likeness (QED) is 0.132. The van der Waals surface area contributed by atoms with Crippen molar-refractivity contribution in [3.8, 4) is 11.5 Å². The summed E-state index contributed by atoms with van der Waals surface area (Å²) < 4.78 is 24.3. The van der Waals surface area contributed by atoms with Crippen LogP contribution in [0.5, 0.6) is 11.5 Å². The zero-order chi connectivity index (χ0) is 40.8. The summed E-state index contributed by atoms with van der Waals surface area (Å²) in [6.07, 6.45) is 0.467. The van der Waals surface area contributed by atoms with Crippen molar-refractivity contribution in [3.63, 3.8) is 0 Å². The van der Waals surface area contributed by atoms with Crippen LogP contribution in [0.2, 0.25) is 5.02 Å². The highest BCUT2D eigenvalue weighted by molar-refractivity contribution is 6.32. The number of hydrogen-bond acceptors (Lipinski definition) is 12. The molecule has 0 saturated carbocycles. The van der Waals surface area contributed by atoms with Gasteiger partial charge in [-0.2, -0.15) is 0 Å². The lowest BCUT2D eigenvalue weighted by molar-refractivity contribution is 0.0528. The molecule has 2 N–H and O–H groups in total. The van der Waals surface area contributed by atoms with E-state index in [1.165, 1.54) is 63.7 Å². The Labute approximate surface area is 322 Å². The van der Waals surface area contributed by atoms with Gasteiger partial charge < -0.3 is 29.3 Å². The van der Waals surface area contributed by atoms with Gasteiger partial charge in [0.2, 0.25) is 17.3 Å². The second-order valence-corrected chi connectivity index (χ2v) is 15.2. The molecular weight excluding hydrogens is 730 g/mol. The first-order valence-electron chi connectivity index (χ1n) is 17.4. The zero-order valence-corrected chi connectivity index (χ0v) is 33.4. The Morgan fingerprint density at radius 3 is 2.13 bits per heavy atom. The molecule has 0 aliphatic heterocycles. The third kappa shape index (κ3) is 7.56. The summed E-state index contributed by atoms with van der Waals surface area (Å²) in [6.45, 7) is 11.9. The molecule has 0 bridgehead atoms. The smallest absolute Gasteiger partial charge is 0.419 e. The first kappa shape index (κ1) is 40.6. The van der Waals surface area contributed by atoms with Gasteiger partial charge in [-0.15, -0.1) is 0 Å². The van der Waals surface area contributed by atoms with Gasteiger partial charge in [-0.3, -0.25) is 19.2 Å². The molecule has 3 heterocycles. The molecule has 0 radical (unpaired) electrons. The van der Waals surface area contributed by atoms with Gasteiger partial charge in [0, 0.05) is 53.5 Å². The van der Waals surface area contributed by atoms with Crippen LogP contribution in [0.1, 0.15) is 113 Å². The van der Waals surface area contributed by atoms with Crippen molar-refractivity contribution in [2.24, 2.45) is 17.6 Å². The number of carbonyl (C=O) groups is 5. The van der Waals surface area contributed by atoms with Gasteiger partial charge in [-0.25, -0.2) is 19.3 Å². The molecule has 0 aliphatic carbocycles. The van der Waals surface area contributed by atoms with Crippen LogP contribution < -0.4 is 15.2 Å². The summed E-state index contributed by atoms with van der Waals surface area (Å²) in [5.74, 6) is -3.10. The Morgan fingerprint density at radius 1 is 0.909 bits per heavy atom. The lowest BCUT2D eigenvalue weighted by Gasteiger charge is -2.21. The van der Waals surface area contributed by atoms with Crippen molar-refractivity contribution in [2.75, 3.05) is 28.3 Å². The maximum atomic E-state index is 14.8. The van der Waals surface area contributed by atoms with E-state index in [2.05, 4.69) is 9.97 Å². The number of methoxy groups -OCH3 is 2. The van der Waals surface area contributed by atoms with Gasteiger partial charge in [-0.05, 0) is 56.7 Å². The summed E-state index contributed by atoms with van der Waals surface area (Å²) in [5.41, 5.74) is 6.35. The number of ether oxygens (including phenoxy) is 3. The minimum atomic E-state index is -1.11. The fourth-order valence-electron chi connectivity index (χ4n) is 6.05. The van der Waals surface area contributed by atoms with Crippen LogP contribution >= 0.6 is 11.6 Å². The molecule has 15 heteroatoms. The first-order chi connectivity index (χ1) is 25.7. The third-order valence-corrected chi connectivity index (χ3v) is 8.97. The number of carbonyl (C=O) groups excluding carboxylic acids is 5. The molecule has 0 saturated heterocycles. The standard InChI is InChI=1S/C40H44ClN5O9/c1-18(2)32(47)30-24(17-43-37(44-30)33(48)19(3)4)29(42)21-15-27(52-10)36(53-11)35-22(21)16-26(54-35)34(49)28-23-14-20(41)12-13-25(23)46(31(28)38(50)45(8)9)39(51)55-40(5,6)7/h12-19,29H,42H2,1-11H3. The second-order valence-electron chi connectivity index (χ2n) is 14.8. The Balaban J connectivity index is 1.80. The monoisotopic (exact) mass is 773 g/mol. The summed E-state index contributed by atoms with van der Waals surface area (Å²) in [5, 5.41) is 0.736. The van der Waals surface area contributed by atoms with Crippen molar-refractivity contribution in [3.05, 3.63) is 81.2 Å². The highest BCUT2D eigenvalue weighted by Gasteiger charge is 2.36. The average molecular weight is 774 g/mol. The fraction of sp³-hybridized carbons (Fsp3) is 0.375. The molecule has 55 heavy (non-hydrogen) atoms. The van der Waals surface area contributed by atoms with E-state index in [9.17, 15) is 24.0 Å². The largest absolute Gasteiger partial charge is 0.493 e.